The second-order valence-electron chi connectivity index (χ2n) is 9.25. The van der Waals surface area contributed by atoms with Crippen molar-refractivity contribution in [2.24, 2.45) is 27.9 Å². The van der Waals surface area contributed by atoms with Gasteiger partial charge < -0.3 is 27.8 Å². The Morgan fingerprint density at radius 1 is 1.03 bits per heavy atom. The summed E-state index contributed by atoms with van der Waals surface area (Å²) in [4.78, 5) is 42.7. The molecule has 1 aliphatic rings. The smallest absolute Gasteiger partial charge is 0.243 e. The normalized spacial score (nSPS) is 16.4. The number of aliphatic imine (C=N–C) groups is 1. The largest absolute Gasteiger partial charge is 0.370 e. The standard InChI is InChI=1S/C25H35N7O5S/c26-22(33)12-11-21(24(35)31-14-5-8-20(31)23(27)34)32(15-4-3-13-30-25(28)29)38(36,37)19-10-9-17-6-1-2-7-18(17)16-19/h1-2,6-7,9-10,16,20-21H,3-5,8,11-15H2,(H2,26,33)(H2,27,34)(H4,28,29,30)/t20-,21-/m0/s1. The number of hydrogen-bond acceptors (Lipinski definition) is 6. The van der Waals surface area contributed by atoms with Gasteiger partial charge in [0.1, 0.15) is 12.1 Å². The van der Waals surface area contributed by atoms with Crippen LogP contribution in [0.3, 0.4) is 0 Å². The van der Waals surface area contributed by atoms with Crippen molar-refractivity contribution < 1.29 is 22.8 Å². The summed E-state index contributed by atoms with van der Waals surface area (Å²) in [5.41, 5.74) is 21.7. The van der Waals surface area contributed by atoms with Gasteiger partial charge in [-0.15, -0.1) is 0 Å². The molecule has 1 aliphatic heterocycles. The Morgan fingerprint density at radius 2 is 1.74 bits per heavy atom. The first-order valence-corrected chi connectivity index (χ1v) is 13.9. The fourth-order valence-corrected chi connectivity index (χ4v) is 6.37. The third kappa shape index (κ3) is 6.98. The Balaban J connectivity index is 2.02. The number of carbonyl (C=O) groups excluding carboxylic acids is 3. The van der Waals surface area contributed by atoms with E-state index >= 15 is 0 Å². The molecule has 2 aromatic carbocycles. The molecule has 12 nitrogen and oxygen atoms in total. The molecule has 0 unspecified atom stereocenters. The number of primary amides is 2. The van der Waals surface area contributed by atoms with E-state index < -0.39 is 39.8 Å². The molecule has 0 radical (unpaired) electrons. The third-order valence-electron chi connectivity index (χ3n) is 6.57. The maximum Gasteiger partial charge on any atom is 0.243 e. The zero-order chi connectivity index (χ0) is 27.9. The fourth-order valence-electron chi connectivity index (χ4n) is 4.68. The van der Waals surface area contributed by atoms with Gasteiger partial charge in [0, 0.05) is 26.1 Å². The first-order valence-electron chi connectivity index (χ1n) is 12.5. The van der Waals surface area contributed by atoms with Crippen LogP contribution in [0.2, 0.25) is 0 Å². The first kappa shape index (κ1) is 28.9. The lowest BCUT2D eigenvalue weighted by Crippen LogP contribution is -2.54. The second-order valence-corrected chi connectivity index (χ2v) is 11.1. The van der Waals surface area contributed by atoms with Gasteiger partial charge in [-0.1, -0.05) is 30.3 Å². The maximum absolute atomic E-state index is 14.0. The number of benzene rings is 2. The zero-order valence-electron chi connectivity index (χ0n) is 21.2. The van der Waals surface area contributed by atoms with Crippen molar-refractivity contribution in [1.82, 2.24) is 9.21 Å². The molecular formula is C25H35N7O5S. The highest BCUT2D eigenvalue weighted by atomic mass is 32.2. The second kappa shape index (κ2) is 12.7. The highest BCUT2D eigenvalue weighted by Gasteiger charge is 2.42. The van der Waals surface area contributed by atoms with Crippen LogP contribution in [0.5, 0.6) is 0 Å². The van der Waals surface area contributed by atoms with Crippen LogP contribution in [0.4, 0.5) is 0 Å². The number of unbranched alkanes of at least 4 members (excludes halogenated alkanes) is 1. The van der Waals surface area contributed by atoms with E-state index in [1.54, 1.807) is 24.3 Å². The van der Waals surface area contributed by atoms with Crippen LogP contribution in [-0.4, -0.2) is 73.0 Å². The van der Waals surface area contributed by atoms with Crippen molar-refractivity contribution in [1.29, 1.82) is 0 Å². The predicted molar refractivity (Wildman–Crippen MR) is 144 cm³/mol. The van der Waals surface area contributed by atoms with E-state index in [1.807, 2.05) is 12.1 Å². The number of likely N-dealkylation sites (tertiary alicyclic amines) is 1. The Hall–Kier alpha value is -3.71. The van der Waals surface area contributed by atoms with Crippen molar-refractivity contribution in [2.75, 3.05) is 19.6 Å². The van der Waals surface area contributed by atoms with Crippen molar-refractivity contribution in [2.45, 2.75) is 55.5 Å². The van der Waals surface area contributed by atoms with Gasteiger partial charge in [-0.3, -0.25) is 19.4 Å². The predicted octanol–water partition coefficient (Wildman–Crippen LogP) is -0.00550. The number of amides is 3. The molecule has 3 amide bonds. The Kier molecular flexibility index (Phi) is 9.64. The Bertz CT molecular complexity index is 1310. The first-order chi connectivity index (χ1) is 18.0. The van der Waals surface area contributed by atoms with E-state index in [-0.39, 0.29) is 43.3 Å². The van der Waals surface area contributed by atoms with Gasteiger partial charge in [0.05, 0.1) is 4.90 Å². The monoisotopic (exact) mass is 545 g/mol. The van der Waals surface area contributed by atoms with E-state index in [2.05, 4.69) is 4.99 Å². The lowest BCUT2D eigenvalue weighted by atomic mass is 10.1. The number of fused-ring (bicyclic) bond motifs is 1. The van der Waals surface area contributed by atoms with Crippen LogP contribution >= 0.6 is 0 Å². The van der Waals surface area contributed by atoms with Crippen LogP contribution in [0.25, 0.3) is 10.8 Å². The molecule has 0 aromatic heterocycles. The molecule has 2 aromatic rings. The van der Waals surface area contributed by atoms with Crippen LogP contribution < -0.4 is 22.9 Å². The van der Waals surface area contributed by atoms with Crippen molar-refractivity contribution in [3.8, 4) is 0 Å². The van der Waals surface area contributed by atoms with Crippen LogP contribution in [0.1, 0.15) is 38.5 Å². The van der Waals surface area contributed by atoms with Crippen LogP contribution in [0.15, 0.2) is 52.4 Å². The molecule has 3 rings (SSSR count). The molecule has 1 heterocycles. The highest BCUT2D eigenvalue weighted by Crippen LogP contribution is 2.28. The number of sulfonamides is 1. The van der Waals surface area contributed by atoms with Crippen LogP contribution in [0, 0.1) is 0 Å². The summed E-state index contributed by atoms with van der Waals surface area (Å²) in [5.74, 6) is -2.00. The van der Waals surface area contributed by atoms with Gasteiger partial charge in [-0.2, -0.15) is 4.31 Å². The van der Waals surface area contributed by atoms with Gasteiger partial charge >= 0.3 is 0 Å². The van der Waals surface area contributed by atoms with Gasteiger partial charge in [-0.25, -0.2) is 8.42 Å². The lowest BCUT2D eigenvalue weighted by Gasteiger charge is -2.34. The summed E-state index contributed by atoms with van der Waals surface area (Å²) in [7, 11) is -4.22. The summed E-state index contributed by atoms with van der Waals surface area (Å²) in [6, 6.07) is 9.95. The number of guanidine groups is 1. The molecule has 38 heavy (non-hydrogen) atoms. The topological polar surface area (TPSA) is 208 Å². The average molecular weight is 546 g/mol. The number of nitrogens with zero attached hydrogens (tertiary/aromatic N) is 3. The summed E-state index contributed by atoms with van der Waals surface area (Å²) in [5, 5.41) is 1.58. The van der Waals surface area contributed by atoms with E-state index in [4.69, 9.17) is 22.9 Å². The summed E-state index contributed by atoms with van der Waals surface area (Å²) in [6.45, 7) is 0.495. The highest BCUT2D eigenvalue weighted by molar-refractivity contribution is 7.89. The van der Waals surface area contributed by atoms with Crippen molar-refractivity contribution in [3.05, 3.63) is 42.5 Å². The molecule has 13 heteroatoms. The molecular weight excluding hydrogens is 510 g/mol. The molecule has 8 N–H and O–H groups in total. The quantitative estimate of drug-likeness (QED) is 0.154. The Labute approximate surface area is 222 Å². The minimum atomic E-state index is -4.22. The number of rotatable bonds is 13. The zero-order valence-corrected chi connectivity index (χ0v) is 22.0. The molecule has 0 bridgehead atoms. The fraction of sp³-hybridized carbons (Fsp3) is 0.440. The van der Waals surface area contributed by atoms with Gasteiger partial charge in [-0.05, 0) is 55.0 Å². The van der Waals surface area contributed by atoms with Gasteiger partial charge in [0.25, 0.3) is 0 Å². The van der Waals surface area contributed by atoms with Gasteiger partial charge in [0.15, 0.2) is 5.96 Å². The lowest BCUT2D eigenvalue weighted by molar-refractivity contribution is -0.140. The number of nitrogens with two attached hydrogens (primary N) is 4. The third-order valence-corrected chi connectivity index (χ3v) is 8.47. The minimum absolute atomic E-state index is 0.00479. The minimum Gasteiger partial charge on any atom is -0.370 e. The molecule has 0 saturated carbocycles. The number of carbonyl (C=O) groups is 3. The average Bonchev–Trinajstić information content (AvgIpc) is 3.37. The van der Waals surface area contributed by atoms with Crippen molar-refractivity contribution >= 4 is 44.5 Å². The molecule has 0 aliphatic carbocycles. The number of hydrogen-bond donors (Lipinski definition) is 4. The Morgan fingerprint density at radius 3 is 2.39 bits per heavy atom. The molecule has 206 valence electrons. The summed E-state index contributed by atoms with van der Waals surface area (Å²) in [6.07, 6.45) is 1.37. The summed E-state index contributed by atoms with van der Waals surface area (Å²) >= 11 is 0. The maximum atomic E-state index is 14.0. The van der Waals surface area contributed by atoms with E-state index in [9.17, 15) is 22.8 Å². The van der Waals surface area contributed by atoms with Gasteiger partial charge in [0.2, 0.25) is 27.7 Å². The van der Waals surface area contributed by atoms with E-state index in [1.165, 1.54) is 11.0 Å². The van der Waals surface area contributed by atoms with E-state index in [0.29, 0.717) is 25.7 Å². The van der Waals surface area contributed by atoms with Crippen LogP contribution in [-0.2, 0) is 24.4 Å². The molecule has 1 fully saturated rings. The molecule has 1 saturated heterocycles. The molecule has 2 atom stereocenters. The molecule has 0 spiro atoms. The van der Waals surface area contributed by atoms with Crippen molar-refractivity contribution in [3.63, 3.8) is 0 Å². The summed E-state index contributed by atoms with van der Waals surface area (Å²) < 4.78 is 29.2. The SMILES string of the molecule is NC(=O)CC[C@@H](C(=O)N1CCC[C@H]1C(N)=O)N(CCCCN=C(N)N)S(=O)(=O)c1ccc2ccccc2c1. The van der Waals surface area contributed by atoms with E-state index in [0.717, 1.165) is 15.1 Å².